The summed E-state index contributed by atoms with van der Waals surface area (Å²) >= 11 is 4.70. The minimum Gasteiger partial charge on any atom is -0.253 e. The smallest absolute Gasteiger partial charge is 0.241 e. The molecule has 0 unspecified atom stereocenters. The molecule has 0 saturated carbocycles. The van der Waals surface area contributed by atoms with Gasteiger partial charge < -0.3 is 0 Å². The monoisotopic (exact) mass is 364 g/mol. The lowest BCUT2D eigenvalue weighted by molar-refractivity contribution is 0.542. The summed E-state index contributed by atoms with van der Waals surface area (Å²) in [5.74, 6) is 0. The van der Waals surface area contributed by atoms with Crippen LogP contribution < -0.4 is 4.72 Å². The fraction of sp³-hybridized carbons (Fsp3) is 0.400. The zero-order valence-electron chi connectivity index (χ0n) is 10.2. The van der Waals surface area contributed by atoms with Crippen LogP contribution in [-0.2, 0) is 16.6 Å². The van der Waals surface area contributed by atoms with Crippen molar-refractivity contribution in [3.8, 4) is 0 Å². The normalized spacial score (nSPS) is 11.9. The molecule has 1 N–H and O–H groups in total. The fourth-order valence-electron chi connectivity index (χ4n) is 1.57. The third-order valence-electron chi connectivity index (χ3n) is 2.46. The third kappa shape index (κ3) is 3.85. The first-order valence-electron chi connectivity index (χ1n) is 5.59. The van der Waals surface area contributed by atoms with Crippen molar-refractivity contribution >= 4 is 37.3 Å². The molecule has 0 aromatic carbocycles. The van der Waals surface area contributed by atoms with Crippen molar-refractivity contribution in [2.75, 3.05) is 6.54 Å². The highest BCUT2D eigenvalue weighted by atomic mass is 79.9. The van der Waals surface area contributed by atoms with Crippen molar-refractivity contribution in [1.82, 2.24) is 19.7 Å². The van der Waals surface area contributed by atoms with Gasteiger partial charge in [-0.05, 0) is 35.3 Å². The number of sulfonamides is 1. The molecule has 0 fully saturated rings. The molecular weight excluding hydrogens is 352 g/mol. The van der Waals surface area contributed by atoms with Crippen molar-refractivity contribution in [3.63, 3.8) is 0 Å². The van der Waals surface area contributed by atoms with Gasteiger partial charge in [0.25, 0.3) is 0 Å². The van der Waals surface area contributed by atoms with Crippen LogP contribution in [0.25, 0.3) is 0 Å². The summed E-state index contributed by atoms with van der Waals surface area (Å²) in [7, 11) is -3.43. The van der Waals surface area contributed by atoms with E-state index in [2.05, 4.69) is 31.0 Å². The number of hydrogen-bond acceptors (Lipinski definition) is 5. The molecule has 104 valence electrons. The molecule has 2 aromatic rings. The van der Waals surface area contributed by atoms with Crippen LogP contribution in [0.15, 0.2) is 27.1 Å². The van der Waals surface area contributed by atoms with E-state index in [1.54, 1.807) is 30.1 Å². The van der Waals surface area contributed by atoms with Gasteiger partial charge in [-0.15, -0.1) is 16.4 Å². The highest BCUT2D eigenvalue weighted by molar-refractivity contribution is 9.11. The van der Waals surface area contributed by atoms with E-state index in [0.717, 1.165) is 8.66 Å². The molecule has 0 spiro atoms. The van der Waals surface area contributed by atoms with Gasteiger partial charge in [0.2, 0.25) is 10.0 Å². The Morgan fingerprint density at radius 3 is 2.89 bits per heavy atom. The molecule has 2 aromatic heterocycles. The summed E-state index contributed by atoms with van der Waals surface area (Å²) < 4.78 is 29.2. The number of nitrogens with one attached hydrogen (secondary N) is 1. The molecule has 2 rings (SSSR count). The van der Waals surface area contributed by atoms with E-state index in [-0.39, 0.29) is 0 Å². The Kier molecular flexibility index (Phi) is 4.71. The number of aromatic nitrogens is 3. The van der Waals surface area contributed by atoms with Gasteiger partial charge in [0, 0.05) is 24.2 Å². The highest BCUT2D eigenvalue weighted by Crippen LogP contribution is 2.29. The second-order valence-corrected chi connectivity index (χ2v) is 8.26. The zero-order valence-corrected chi connectivity index (χ0v) is 13.4. The quantitative estimate of drug-likeness (QED) is 0.792. The lowest BCUT2D eigenvalue weighted by Crippen LogP contribution is -2.25. The number of thiophene rings is 1. The van der Waals surface area contributed by atoms with E-state index < -0.39 is 10.0 Å². The largest absolute Gasteiger partial charge is 0.253 e. The molecule has 0 amide bonds. The second-order valence-electron chi connectivity index (χ2n) is 3.89. The second kappa shape index (κ2) is 6.12. The third-order valence-corrected chi connectivity index (χ3v) is 5.73. The van der Waals surface area contributed by atoms with Crippen LogP contribution in [0.5, 0.6) is 0 Å². The number of hydrogen-bond donors (Lipinski definition) is 1. The number of aryl methyl sites for hydroxylation is 2. The van der Waals surface area contributed by atoms with E-state index in [1.165, 1.54) is 11.3 Å². The molecule has 0 aliphatic carbocycles. The molecule has 0 aliphatic rings. The molecule has 9 heteroatoms. The summed E-state index contributed by atoms with van der Waals surface area (Å²) in [6.07, 6.45) is 4.00. The van der Waals surface area contributed by atoms with Gasteiger partial charge in [-0.25, -0.2) is 13.1 Å². The van der Waals surface area contributed by atoms with E-state index in [9.17, 15) is 8.42 Å². The minimum absolute atomic E-state index is 0.338. The van der Waals surface area contributed by atoms with Crippen LogP contribution in [0.1, 0.15) is 11.3 Å². The Hall–Kier alpha value is -0.770. The van der Waals surface area contributed by atoms with E-state index >= 15 is 0 Å². The van der Waals surface area contributed by atoms with Gasteiger partial charge in [-0.3, -0.25) is 4.68 Å². The topological polar surface area (TPSA) is 76.9 Å². The predicted molar refractivity (Wildman–Crippen MR) is 76.6 cm³/mol. The summed E-state index contributed by atoms with van der Waals surface area (Å²) in [4.78, 5) is 1.11. The van der Waals surface area contributed by atoms with Crippen molar-refractivity contribution in [1.29, 1.82) is 0 Å². The Labute approximate surface area is 124 Å². The lowest BCUT2D eigenvalue weighted by Gasteiger charge is -2.06. The maximum atomic E-state index is 12.1. The first-order chi connectivity index (χ1) is 8.99. The molecular formula is C10H13BrN4O2S2. The van der Waals surface area contributed by atoms with E-state index in [1.807, 2.05) is 0 Å². The average molecular weight is 365 g/mol. The maximum absolute atomic E-state index is 12.1. The lowest BCUT2D eigenvalue weighted by atomic mass is 10.4. The van der Waals surface area contributed by atoms with Crippen LogP contribution in [0.3, 0.4) is 0 Å². The van der Waals surface area contributed by atoms with Crippen molar-refractivity contribution in [2.45, 2.75) is 24.8 Å². The average Bonchev–Trinajstić information content (AvgIpc) is 2.94. The molecule has 6 nitrogen and oxygen atoms in total. The van der Waals surface area contributed by atoms with E-state index in [0.29, 0.717) is 24.4 Å². The fourth-order valence-corrected chi connectivity index (χ4v) is 5.06. The van der Waals surface area contributed by atoms with Crippen molar-refractivity contribution < 1.29 is 8.42 Å². The standard InChI is InChI=1S/C10H13BrN4O2S2/c1-8-9(7-10(11)18-8)19(16,17)13-3-2-5-15-6-4-12-14-15/h4,6-7,13H,2-3,5H2,1H3. The molecule has 0 bridgehead atoms. The SMILES string of the molecule is Cc1sc(Br)cc1S(=O)(=O)NCCCn1ccnn1. The molecule has 0 aliphatic heterocycles. The predicted octanol–water partition coefficient (Wildman–Crippen LogP) is 1.78. The summed E-state index contributed by atoms with van der Waals surface area (Å²) in [5, 5.41) is 7.49. The first-order valence-corrected chi connectivity index (χ1v) is 8.68. The Morgan fingerprint density at radius 2 is 2.32 bits per heavy atom. The molecule has 0 saturated heterocycles. The summed E-state index contributed by atoms with van der Waals surface area (Å²) in [6, 6.07) is 1.62. The van der Waals surface area contributed by atoms with Crippen LogP contribution >= 0.6 is 27.3 Å². The Bertz CT molecular complexity index is 637. The Balaban J connectivity index is 1.89. The summed E-state index contributed by atoms with van der Waals surface area (Å²) in [6.45, 7) is 2.79. The van der Waals surface area contributed by atoms with Crippen molar-refractivity contribution in [2.24, 2.45) is 0 Å². The Morgan fingerprint density at radius 1 is 1.53 bits per heavy atom. The molecule has 2 heterocycles. The van der Waals surface area contributed by atoms with Gasteiger partial charge in [-0.1, -0.05) is 5.21 Å². The van der Waals surface area contributed by atoms with Gasteiger partial charge in [-0.2, -0.15) is 0 Å². The van der Waals surface area contributed by atoms with Gasteiger partial charge in [0.1, 0.15) is 0 Å². The first kappa shape index (κ1) is 14.6. The van der Waals surface area contributed by atoms with Gasteiger partial charge in [0.15, 0.2) is 0 Å². The number of halogens is 1. The maximum Gasteiger partial charge on any atom is 0.241 e. The summed E-state index contributed by atoms with van der Waals surface area (Å²) in [5.41, 5.74) is 0. The van der Waals surface area contributed by atoms with Crippen LogP contribution in [0, 0.1) is 6.92 Å². The molecule has 0 radical (unpaired) electrons. The molecule has 19 heavy (non-hydrogen) atoms. The number of nitrogens with zero attached hydrogens (tertiary/aromatic N) is 3. The van der Waals surface area contributed by atoms with E-state index in [4.69, 9.17) is 0 Å². The van der Waals surface area contributed by atoms with Gasteiger partial charge >= 0.3 is 0 Å². The van der Waals surface area contributed by atoms with Crippen molar-refractivity contribution in [3.05, 3.63) is 27.1 Å². The van der Waals surface area contributed by atoms with Crippen LogP contribution in [0.4, 0.5) is 0 Å². The van der Waals surface area contributed by atoms with Gasteiger partial charge in [0.05, 0.1) is 14.9 Å². The number of rotatable bonds is 6. The highest BCUT2D eigenvalue weighted by Gasteiger charge is 2.18. The minimum atomic E-state index is -3.43. The van der Waals surface area contributed by atoms with Crippen LogP contribution in [0.2, 0.25) is 0 Å². The zero-order chi connectivity index (χ0) is 13.9. The van der Waals surface area contributed by atoms with Crippen LogP contribution in [-0.4, -0.2) is 30.0 Å². The molecule has 0 atom stereocenters.